The highest BCUT2D eigenvalue weighted by Crippen LogP contribution is 2.46. The summed E-state index contributed by atoms with van der Waals surface area (Å²) in [6, 6.07) is 2.80. The molecule has 1 aromatic heterocycles. The predicted octanol–water partition coefficient (Wildman–Crippen LogP) is 3.75. The third-order valence-corrected chi connectivity index (χ3v) is 4.15. The van der Waals surface area contributed by atoms with Crippen LogP contribution in [-0.2, 0) is 0 Å². The van der Waals surface area contributed by atoms with Crippen molar-refractivity contribution >= 4 is 21.7 Å². The van der Waals surface area contributed by atoms with Crippen molar-refractivity contribution in [2.75, 3.05) is 5.32 Å². The lowest BCUT2D eigenvalue weighted by molar-refractivity contribution is 0.565. The number of hydrogen-bond donors (Lipinski definition) is 1. The standard InChI is InChI=1S/C13H17BrN2/c1-8-6-11(14)13(15-7-8)16-12(9-2-3-9)10-4-5-10/h6-7,9-10,12H,2-5H2,1H3,(H,15,16). The van der Waals surface area contributed by atoms with Gasteiger partial charge in [-0.1, -0.05) is 0 Å². The second-order valence-electron chi connectivity index (χ2n) is 5.19. The summed E-state index contributed by atoms with van der Waals surface area (Å²) in [5.74, 6) is 2.83. The number of nitrogens with zero attached hydrogens (tertiary/aromatic N) is 1. The van der Waals surface area contributed by atoms with Crippen LogP contribution in [0.4, 0.5) is 5.82 Å². The Hall–Kier alpha value is -0.570. The van der Waals surface area contributed by atoms with Crippen molar-refractivity contribution in [3.63, 3.8) is 0 Å². The zero-order valence-electron chi connectivity index (χ0n) is 9.54. The Balaban J connectivity index is 1.76. The van der Waals surface area contributed by atoms with E-state index in [1.165, 1.54) is 31.2 Å². The summed E-state index contributed by atoms with van der Waals surface area (Å²) in [4.78, 5) is 4.48. The molecule has 0 unspecified atom stereocenters. The lowest BCUT2D eigenvalue weighted by Crippen LogP contribution is -2.25. The maximum absolute atomic E-state index is 4.48. The van der Waals surface area contributed by atoms with Gasteiger partial charge in [-0.15, -0.1) is 0 Å². The van der Waals surface area contributed by atoms with Gasteiger partial charge in [-0.2, -0.15) is 0 Å². The smallest absolute Gasteiger partial charge is 0.140 e. The molecular weight excluding hydrogens is 264 g/mol. The minimum Gasteiger partial charge on any atom is -0.366 e. The lowest BCUT2D eigenvalue weighted by Gasteiger charge is -2.19. The van der Waals surface area contributed by atoms with Gasteiger partial charge in [-0.25, -0.2) is 4.98 Å². The van der Waals surface area contributed by atoms with Gasteiger partial charge >= 0.3 is 0 Å². The average Bonchev–Trinajstić information content (AvgIpc) is 3.11. The number of halogens is 1. The van der Waals surface area contributed by atoms with Crippen LogP contribution < -0.4 is 5.32 Å². The maximum Gasteiger partial charge on any atom is 0.140 e. The third kappa shape index (κ3) is 2.24. The number of aromatic nitrogens is 1. The van der Waals surface area contributed by atoms with Crippen LogP contribution in [0, 0.1) is 18.8 Å². The molecule has 2 aliphatic carbocycles. The van der Waals surface area contributed by atoms with Crippen molar-refractivity contribution in [2.45, 2.75) is 38.6 Å². The van der Waals surface area contributed by atoms with Crippen molar-refractivity contribution in [2.24, 2.45) is 11.8 Å². The quantitative estimate of drug-likeness (QED) is 0.909. The van der Waals surface area contributed by atoms with Crippen molar-refractivity contribution in [3.8, 4) is 0 Å². The minimum absolute atomic E-state index is 0.673. The molecule has 3 heteroatoms. The van der Waals surface area contributed by atoms with Crippen molar-refractivity contribution in [3.05, 3.63) is 22.3 Å². The zero-order valence-corrected chi connectivity index (χ0v) is 11.1. The maximum atomic E-state index is 4.48. The van der Waals surface area contributed by atoms with Crippen LogP contribution in [0.3, 0.4) is 0 Å². The molecule has 0 radical (unpaired) electrons. The predicted molar refractivity (Wildman–Crippen MR) is 69.5 cm³/mol. The number of anilines is 1. The van der Waals surface area contributed by atoms with Crippen LogP contribution >= 0.6 is 15.9 Å². The first-order chi connectivity index (χ1) is 7.74. The highest BCUT2D eigenvalue weighted by molar-refractivity contribution is 9.10. The van der Waals surface area contributed by atoms with Gasteiger partial charge in [-0.3, -0.25) is 0 Å². The van der Waals surface area contributed by atoms with Gasteiger partial charge in [0.25, 0.3) is 0 Å². The van der Waals surface area contributed by atoms with E-state index < -0.39 is 0 Å². The van der Waals surface area contributed by atoms with E-state index in [1.54, 1.807) is 0 Å². The van der Waals surface area contributed by atoms with E-state index in [1.807, 2.05) is 6.20 Å². The SMILES string of the molecule is Cc1cnc(NC(C2CC2)C2CC2)c(Br)c1. The first kappa shape index (κ1) is 10.6. The highest BCUT2D eigenvalue weighted by Gasteiger charge is 2.41. The summed E-state index contributed by atoms with van der Waals surface area (Å²) in [6.07, 6.45) is 7.54. The molecule has 2 aliphatic rings. The second kappa shape index (κ2) is 4.02. The fraction of sp³-hybridized carbons (Fsp3) is 0.615. The Labute approximate surface area is 105 Å². The molecule has 3 rings (SSSR count). The molecule has 0 amide bonds. The summed E-state index contributed by atoms with van der Waals surface area (Å²) < 4.78 is 1.10. The molecule has 1 N–H and O–H groups in total. The van der Waals surface area contributed by atoms with E-state index in [4.69, 9.17) is 0 Å². The van der Waals surface area contributed by atoms with Crippen LogP contribution in [0.15, 0.2) is 16.7 Å². The molecule has 2 saturated carbocycles. The van der Waals surface area contributed by atoms with E-state index in [2.05, 4.69) is 39.2 Å². The molecule has 16 heavy (non-hydrogen) atoms. The van der Waals surface area contributed by atoms with Gasteiger partial charge in [-0.05, 0) is 72.0 Å². The van der Waals surface area contributed by atoms with Crippen LogP contribution in [0.2, 0.25) is 0 Å². The number of rotatable bonds is 4. The summed E-state index contributed by atoms with van der Waals surface area (Å²) in [6.45, 7) is 2.07. The Morgan fingerprint density at radius 3 is 2.44 bits per heavy atom. The largest absolute Gasteiger partial charge is 0.366 e. The topological polar surface area (TPSA) is 24.9 Å². The minimum atomic E-state index is 0.673. The van der Waals surface area contributed by atoms with E-state index >= 15 is 0 Å². The number of aryl methyl sites for hydroxylation is 1. The number of hydrogen-bond acceptors (Lipinski definition) is 2. The van der Waals surface area contributed by atoms with Crippen molar-refractivity contribution in [1.82, 2.24) is 4.98 Å². The first-order valence-corrected chi connectivity index (χ1v) is 6.92. The van der Waals surface area contributed by atoms with E-state index in [0.717, 1.165) is 22.1 Å². The Bertz CT molecular complexity index is 385. The Morgan fingerprint density at radius 2 is 1.94 bits per heavy atom. The Morgan fingerprint density at radius 1 is 1.31 bits per heavy atom. The second-order valence-corrected chi connectivity index (χ2v) is 6.04. The van der Waals surface area contributed by atoms with Gasteiger partial charge in [0.1, 0.15) is 5.82 Å². The molecule has 0 bridgehead atoms. The van der Waals surface area contributed by atoms with Crippen LogP contribution in [-0.4, -0.2) is 11.0 Å². The molecule has 2 nitrogen and oxygen atoms in total. The van der Waals surface area contributed by atoms with Crippen LogP contribution in [0.25, 0.3) is 0 Å². The molecular formula is C13H17BrN2. The number of pyridine rings is 1. The van der Waals surface area contributed by atoms with Gasteiger partial charge in [0.15, 0.2) is 0 Å². The molecule has 0 spiro atoms. The van der Waals surface area contributed by atoms with E-state index in [9.17, 15) is 0 Å². The summed E-state index contributed by atoms with van der Waals surface area (Å²) in [7, 11) is 0. The fourth-order valence-corrected chi connectivity index (χ4v) is 2.91. The van der Waals surface area contributed by atoms with Gasteiger partial charge in [0.05, 0.1) is 4.47 Å². The van der Waals surface area contributed by atoms with E-state index in [-0.39, 0.29) is 0 Å². The first-order valence-electron chi connectivity index (χ1n) is 6.13. The monoisotopic (exact) mass is 280 g/mol. The summed E-state index contributed by atoms with van der Waals surface area (Å²) in [5, 5.41) is 3.64. The van der Waals surface area contributed by atoms with Crippen LogP contribution in [0.5, 0.6) is 0 Å². The van der Waals surface area contributed by atoms with Crippen molar-refractivity contribution in [1.29, 1.82) is 0 Å². The molecule has 0 aliphatic heterocycles. The van der Waals surface area contributed by atoms with Crippen LogP contribution in [0.1, 0.15) is 31.2 Å². The molecule has 1 aromatic rings. The summed E-state index contributed by atoms with van der Waals surface area (Å²) >= 11 is 3.59. The number of nitrogens with one attached hydrogen (secondary N) is 1. The molecule has 0 aromatic carbocycles. The van der Waals surface area contributed by atoms with E-state index in [0.29, 0.717) is 6.04 Å². The lowest BCUT2D eigenvalue weighted by atomic mass is 10.1. The van der Waals surface area contributed by atoms with Crippen molar-refractivity contribution < 1.29 is 0 Å². The van der Waals surface area contributed by atoms with Gasteiger partial charge in [0, 0.05) is 12.2 Å². The zero-order chi connectivity index (χ0) is 11.1. The molecule has 2 fully saturated rings. The normalized spacial score (nSPS) is 20.2. The molecule has 86 valence electrons. The molecule has 0 saturated heterocycles. The average molecular weight is 281 g/mol. The third-order valence-electron chi connectivity index (χ3n) is 3.54. The molecule has 1 heterocycles. The molecule has 0 atom stereocenters. The Kier molecular flexibility index (Phi) is 2.66. The summed E-state index contributed by atoms with van der Waals surface area (Å²) in [5.41, 5.74) is 1.20. The fourth-order valence-electron chi connectivity index (χ4n) is 2.33. The highest BCUT2D eigenvalue weighted by atomic mass is 79.9. The van der Waals surface area contributed by atoms with Gasteiger partial charge in [0.2, 0.25) is 0 Å². The van der Waals surface area contributed by atoms with Gasteiger partial charge < -0.3 is 5.32 Å².